The highest BCUT2D eigenvalue weighted by Gasteiger charge is 2.54. The van der Waals surface area contributed by atoms with Gasteiger partial charge in [-0.05, 0) is 63.9 Å². The van der Waals surface area contributed by atoms with Crippen molar-refractivity contribution in [3.05, 3.63) is 29.3 Å². The number of carbonyl (C=O) groups excluding carboxylic acids is 2. The predicted octanol–water partition coefficient (Wildman–Crippen LogP) is 3.28. The van der Waals surface area contributed by atoms with Gasteiger partial charge in [-0.2, -0.15) is 0 Å². The molecule has 1 aromatic carbocycles. The Kier molecular flexibility index (Phi) is 5.52. The highest BCUT2D eigenvalue weighted by molar-refractivity contribution is 6.30. The van der Waals surface area contributed by atoms with E-state index in [1.54, 1.807) is 12.1 Å². The maximum atomic E-state index is 13.5. The number of hydrogen-bond acceptors (Lipinski definition) is 3. The summed E-state index contributed by atoms with van der Waals surface area (Å²) in [6, 6.07) is 7.29. The Labute approximate surface area is 171 Å². The molecule has 7 heteroatoms. The number of urea groups is 1. The normalized spacial score (nSPS) is 28.1. The molecule has 1 N–H and O–H groups in total. The monoisotopic (exact) mass is 404 g/mol. The summed E-state index contributed by atoms with van der Waals surface area (Å²) >= 11 is 6.02. The highest BCUT2D eigenvalue weighted by Crippen LogP contribution is 2.45. The third kappa shape index (κ3) is 3.60. The molecule has 6 nitrogen and oxygen atoms in total. The minimum Gasteiger partial charge on any atom is -0.342 e. The van der Waals surface area contributed by atoms with Crippen molar-refractivity contribution in [2.24, 2.45) is 5.41 Å². The van der Waals surface area contributed by atoms with Gasteiger partial charge < -0.3 is 20.0 Å². The Morgan fingerprint density at radius 3 is 2.57 bits per heavy atom. The number of likely N-dealkylation sites (tertiary alicyclic amines) is 3. The number of fused-ring (bicyclic) bond motifs is 1. The number of rotatable bonds is 2. The van der Waals surface area contributed by atoms with E-state index in [1.165, 1.54) is 0 Å². The lowest BCUT2D eigenvalue weighted by molar-refractivity contribution is -0.142. The molecule has 0 spiro atoms. The predicted molar refractivity (Wildman–Crippen MR) is 111 cm³/mol. The molecule has 0 aliphatic carbocycles. The van der Waals surface area contributed by atoms with Crippen LogP contribution in [0.4, 0.5) is 10.5 Å². The first kappa shape index (κ1) is 19.5. The van der Waals surface area contributed by atoms with Crippen molar-refractivity contribution >= 4 is 29.2 Å². The summed E-state index contributed by atoms with van der Waals surface area (Å²) in [6.07, 6.45) is 4.68. The Balaban J connectivity index is 1.49. The van der Waals surface area contributed by atoms with Gasteiger partial charge in [-0.25, -0.2) is 4.79 Å². The maximum absolute atomic E-state index is 13.5. The SMILES string of the molecule is CN1CC[C@]2(C(=O)N3CCCC3)CCN(C(=O)Nc3cccc(Cl)c3)CC[C@H]12. The molecule has 2 atom stereocenters. The third-order valence-electron chi connectivity index (χ3n) is 6.76. The van der Waals surface area contributed by atoms with Gasteiger partial charge in [-0.15, -0.1) is 0 Å². The molecule has 3 aliphatic heterocycles. The van der Waals surface area contributed by atoms with E-state index in [4.69, 9.17) is 11.6 Å². The van der Waals surface area contributed by atoms with E-state index >= 15 is 0 Å². The third-order valence-corrected chi connectivity index (χ3v) is 7.00. The average Bonchev–Trinajstić information content (AvgIpc) is 3.26. The van der Waals surface area contributed by atoms with E-state index in [0.29, 0.717) is 29.7 Å². The molecule has 0 saturated carbocycles. The van der Waals surface area contributed by atoms with Gasteiger partial charge in [0.25, 0.3) is 0 Å². The van der Waals surface area contributed by atoms with Crippen LogP contribution in [0.5, 0.6) is 0 Å². The van der Waals surface area contributed by atoms with Crippen molar-refractivity contribution in [1.82, 2.24) is 14.7 Å². The molecule has 3 amide bonds. The summed E-state index contributed by atoms with van der Waals surface area (Å²) in [7, 11) is 2.12. The number of carbonyl (C=O) groups is 2. The van der Waals surface area contributed by atoms with Crippen molar-refractivity contribution in [1.29, 1.82) is 0 Å². The summed E-state index contributed by atoms with van der Waals surface area (Å²) in [5, 5.41) is 3.54. The largest absolute Gasteiger partial charge is 0.342 e. The smallest absolute Gasteiger partial charge is 0.321 e. The number of halogens is 1. The summed E-state index contributed by atoms with van der Waals surface area (Å²) in [5.74, 6) is 0.316. The molecule has 1 aromatic rings. The molecule has 3 heterocycles. The maximum Gasteiger partial charge on any atom is 0.321 e. The summed E-state index contributed by atoms with van der Waals surface area (Å²) < 4.78 is 0. The lowest BCUT2D eigenvalue weighted by Crippen LogP contribution is -2.49. The van der Waals surface area contributed by atoms with Crippen LogP contribution in [-0.2, 0) is 4.79 Å². The second kappa shape index (κ2) is 7.91. The molecule has 3 saturated heterocycles. The van der Waals surface area contributed by atoms with Crippen LogP contribution < -0.4 is 5.32 Å². The lowest BCUT2D eigenvalue weighted by atomic mass is 9.75. The molecule has 3 aliphatic rings. The first-order valence-electron chi connectivity index (χ1n) is 10.3. The molecule has 4 rings (SSSR count). The fraction of sp³-hybridized carbons (Fsp3) is 0.619. The van der Waals surface area contributed by atoms with Crippen LogP contribution >= 0.6 is 11.6 Å². The number of anilines is 1. The Morgan fingerprint density at radius 1 is 1.07 bits per heavy atom. The Morgan fingerprint density at radius 2 is 1.82 bits per heavy atom. The van der Waals surface area contributed by atoms with Crippen LogP contribution in [0.3, 0.4) is 0 Å². The van der Waals surface area contributed by atoms with E-state index < -0.39 is 0 Å². The minimum atomic E-state index is -0.343. The fourth-order valence-electron chi connectivity index (χ4n) is 5.20. The van der Waals surface area contributed by atoms with Gasteiger partial charge in [-0.3, -0.25) is 4.79 Å². The number of nitrogens with one attached hydrogen (secondary N) is 1. The molecule has 0 aromatic heterocycles. The molecule has 0 unspecified atom stereocenters. The average molecular weight is 405 g/mol. The number of amides is 3. The minimum absolute atomic E-state index is 0.117. The van der Waals surface area contributed by atoms with Gasteiger partial charge in [0.1, 0.15) is 0 Å². The van der Waals surface area contributed by atoms with E-state index in [9.17, 15) is 9.59 Å². The molecule has 0 radical (unpaired) electrons. The summed E-state index contributed by atoms with van der Waals surface area (Å²) in [4.78, 5) is 32.5. The first-order valence-corrected chi connectivity index (χ1v) is 10.7. The van der Waals surface area contributed by atoms with Crippen LogP contribution in [0.1, 0.15) is 32.1 Å². The van der Waals surface area contributed by atoms with E-state index in [1.807, 2.05) is 17.0 Å². The number of hydrogen-bond donors (Lipinski definition) is 1. The number of benzene rings is 1. The highest BCUT2D eigenvalue weighted by atomic mass is 35.5. The van der Waals surface area contributed by atoms with Crippen LogP contribution in [0, 0.1) is 5.41 Å². The van der Waals surface area contributed by atoms with E-state index in [2.05, 4.69) is 22.2 Å². The number of nitrogens with zero attached hydrogens (tertiary/aromatic N) is 3. The van der Waals surface area contributed by atoms with Gasteiger partial charge in [-0.1, -0.05) is 17.7 Å². The van der Waals surface area contributed by atoms with Crippen molar-refractivity contribution in [3.8, 4) is 0 Å². The molecule has 3 fully saturated rings. The first-order chi connectivity index (χ1) is 13.5. The van der Waals surface area contributed by atoms with Crippen LogP contribution in [0.15, 0.2) is 24.3 Å². The second-order valence-corrected chi connectivity index (χ2v) is 8.80. The molecule has 0 bridgehead atoms. The molecular weight excluding hydrogens is 376 g/mol. The van der Waals surface area contributed by atoms with Crippen LogP contribution in [0.2, 0.25) is 5.02 Å². The summed E-state index contributed by atoms with van der Waals surface area (Å²) in [5.41, 5.74) is 0.353. The zero-order valence-corrected chi connectivity index (χ0v) is 17.2. The quantitative estimate of drug-likeness (QED) is 0.822. The van der Waals surface area contributed by atoms with Crippen molar-refractivity contribution < 1.29 is 9.59 Å². The van der Waals surface area contributed by atoms with Gasteiger partial charge in [0.15, 0.2) is 0 Å². The second-order valence-electron chi connectivity index (χ2n) is 8.37. The lowest BCUT2D eigenvalue weighted by Gasteiger charge is -2.37. The van der Waals surface area contributed by atoms with Crippen molar-refractivity contribution in [2.75, 3.05) is 45.1 Å². The zero-order valence-electron chi connectivity index (χ0n) is 16.5. The van der Waals surface area contributed by atoms with Gasteiger partial charge in [0.2, 0.25) is 5.91 Å². The van der Waals surface area contributed by atoms with Gasteiger partial charge in [0, 0.05) is 42.9 Å². The van der Waals surface area contributed by atoms with Crippen LogP contribution in [0.25, 0.3) is 0 Å². The zero-order chi connectivity index (χ0) is 19.7. The van der Waals surface area contributed by atoms with E-state index in [0.717, 1.165) is 51.7 Å². The van der Waals surface area contributed by atoms with Gasteiger partial charge in [0.05, 0.1) is 5.41 Å². The molecular formula is C21H29ClN4O2. The molecule has 28 heavy (non-hydrogen) atoms. The standard InChI is InChI=1S/C21H29ClN4O2/c1-24-13-8-21(19(27)25-10-2-3-11-25)9-14-26(12-7-18(21)24)20(28)23-17-6-4-5-16(22)15-17/h4-6,15,18H,2-3,7-14H2,1H3,(H,23,28)/t18-,21-/m0/s1. The Bertz CT molecular complexity index is 752. The summed E-state index contributed by atoms with van der Waals surface area (Å²) in [6.45, 7) is 4.00. The van der Waals surface area contributed by atoms with E-state index in [-0.39, 0.29) is 17.5 Å². The van der Waals surface area contributed by atoms with Crippen molar-refractivity contribution in [3.63, 3.8) is 0 Å². The topological polar surface area (TPSA) is 55.9 Å². The Hall–Kier alpha value is -1.79. The van der Waals surface area contributed by atoms with Gasteiger partial charge >= 0.3 is 6.03 Å². The molecule has 152 valence electrons. The van der Waals surface area contributed by atoms with Crippen molar-refractivity contribution in [2.45, 2.75) is 38.1 Å². The van der Waals surface area contributed by atoms with Crippen LogP contribution in [-0.4, -0.2) is 72.5 Å². The fourth-order valence-corrected chi connectivity index (χ4v) is 5.39.